The number of nitrogens with zero attached hydrogens (tertiary/aromatic N) is 3. The summed E-state index contributed by atoms with van der Waals surface area (Å²) in [6, 6.07) is 2.13. The Morgan fingerprint density at radius 3 is 2.25 bits per heavy atom. The van der Waals surface area contributed by atoms with E-state index in [4.69, 9.17) is 5.53 Å². The number of azide groups is 1. The van der Waals surface area contributed by atoms with Crippen LogP contribution in [-0.4, -0.2) is 0 Å². The molecule has 1 rings (SSSR count). The van der Waals surface area contributed by atoms with Gasteiger partial charge in [0.25, 0.3) is 0 Å². The smallest absolute Gasteiger partial charge is 0.136 e. The van der Waals surface area contributed by atoms with Crippen LogP contribution in [0.5, 0.6) is 0 Å². The van der Waals surface area contributed by atoms with Crippen LogP contribution in [0.3, 0.4) is 0 Å². The van der Waals surface area contributed by atoms with Crippen molar-refractivity contribution in [2.75, 3.05) is 0 Å². The Morgan fingerprint density at radius 2 is 1.83 bits per heavy atom. The molecule has 1 unspecified atom stereocenters. The van der Waals surface area contributed by atoms with E-state index in [-0.39, 0.29) is 0 Å². The summed E-state index contributed by atoms with van der Waals surface area (Å²) in [4.78, 5) is 2.30. The van der Waals surface area contributed by atoms with Crippen molar-refractivity contribution >= 4 is 20.2 Å². The number of rotatable bonds is 1. The van der Waals surface area contributed by atoms with E-state index < -0.39 is 17.3 Å². The molecule has 0 N–H and O–H groups in total. The largest absolute Gasteiger partial charge is 0.206 e. The fourth-order valence-electron chi connectivity index (χ4n) is 0.725. The third-order valence-electron chi connectivity index (χ3n) is 1.18. The van der Waals surface area contributed by atoms with Crippen molar-refractivity contribution in [1.29, 1.82) is 0 Å². The molecule has 0 radical (unpaired) electrons. The van der Waals surface area contributed by atoms with Crippen LogP contribution in [0.2, 0.25) is 0 Å². The van der Waals surface area contributed by atoms with E-state index in [2.05, 4.69) is 19.3 Å². The quantitative estimate of drug-likeness (QED) is 0.280. The SMILES string of the molecule is [N-]=[N+]=Nc1c(F)cc(P)cc1F. The van der Waals surface area contributed by atoms with Gasteiger partial charge in [0.15, 0.2) is 0 Å². The minimum atomic E-state index is -0.863. The molecule has 0 spiro atoms. The van der Waals surface area contributed by atoms with Crippen LogP contribution in [0.1, 0.15) is 0 Å². The zero-order valence-electron chi connectivity index (χ0n) is 5.83. The molecular formula is C6H4F2N3P. The monoisotopic (exact) mass is 187 g/mol. The molecule has 1 atom stereocenters. The molecule has 0 aliphatic heterocycles. The normalized spacial score (nSPS) is 9.25. The first kappa shape index (κ1) is 8.91. The van der Waals surface area contributed by atoms with Crippen LogP contribution in [0.15, 0.2) is 17.2 Å². The summed E-state index contributed by atoms with van der Waals surface area (Å²) in [5.41, 5.74) is 7.36. The zero-order chi connectivity index (χ0) is 9.14. The standard InChI is InChI=1S/C6H4F2N3P/c7-4-1-3(12)2-5(8)6(4)10-11-9/h1-2H,12H2. The molecule has 1 aromatic carbocycles. The number of benzene rings is 1. The maximum absolute atomic E-state index is 12.8. The lowest BCUT2D eigenvalue weighted by Crippen LogP contribution is -1.94. The van der Waals surface area contributed by atoms with Gasteiger partial charge in [-0.2, -0.15) is 0 Å². The second-order valence-electron chi connectivity index (χ2n) is 2.02. The molecule has 0 aromatic heterocycles. The van der Waals surface area contributed by atoms with Gasteiger partial charge < -0.3 is 0 Å². The van der Waals surface area contributed by atoms with Gasteiger partial charge >= 0.3 is 0 Å². The molecule has 1 aromatic rings. The van der Waals surface area contributed by atoms with E-state index in [9.17, 15) is 8.78 Å². The van der Waals surface area contributed by atoms with Crippen LogP contribution in [-0.2, 0) is 0 Å². The molecule has 0 heterocycles. The second kappa shape index (κ2) is 3.48. The zero-order valence-corrected chi connectivity index (χ0v) is 6.98. The summed E-state index contributed by atoms with van der Waals surface area (Å²) >= 11 is 0. The van der Waals surface area contributed by atoms with Gasteiger partial charge in [0.2, 0.25) is 0 Å². The molecule has 3 nitrogen and oxygen atoms in total. The Morgan fingerprint density at radius 1 is 1.33 bits per heavy atom. The highest BCUT2D eigenvalue weighted by Crippen LogP contribution is 2.21. The van der Waals surface area contributed by atoms with Gasteiger partial charge in [-0.15, -0.1) is 9.24 Å². The Kier molecular flexibility index (Phi) is 2.58. The fourth-order valence-corrected chi connectivity index (χ4v) is 1.02. The number of halogens is 2. The Hall–Kier alpha value is -1.18. The molecule has 0 aliphatic carbocycles. The van der Waals surface area contributed by atoms with E-state index in [1.807, 2.05) is 0 Å². The van der Waals surface area contributed by atoms with Crippen LogP contribution in [0, 0.1) is 11.6 Å². The molecule has 0 saturated carbocycles. The molecule has 0 saturated heterocycles. The van der Waals surface area contributed by atoms with Crippen LogP contribution < -0.4 is 5.30 Å². The van der Waals surface area contributed by atoms with Gasteiger partial charge in [0.1, 0.15) is 17.3 Å². The van der Waals surface area contributed by atoms with Gasteiger partial charge in [-0.05, 0) is 23.0 Å². The predicted octanol–water partition coefficient (Wildman–Crippen LogP) is 2.41. The molecule has 62 valence electrons. The first-order chi connectivity index (χ1) is 5.65. The maximum Gasteiger partial charge on any atom is 0.136 e. The van der Waals surface area contributed by atoms with E-state index in [0.717, 1.165) is 12.1 Å². The van der Waals surface area contributed by atoms with Crippen molar-refractivity contribution in [3.63, 3.8) is 0 Å². The molecule has 0 fully saturated rings. The topological polar surface area (TPSA) is 48.8 Å². The van der Waals surface area contributed by atoms with Gasteiger partial charge in [-0.3, -0.25) is 0 Å². The third-order valence-corrected chi connectivity index (χ3v) is 1.52. The third kappa shape index (κ3) is 1.70. The Labute approximate surface area is 69.2 Å². The molecule has 0 aliphatic rings. The van der Waals surface area contributed by atoms with Crippen molar-refractivity contribution in [3.8, 4) is 0 Å². The van der Waals surface area contributed by atoms with E-state index in [1.165, 1.54) is 0 Å². The van der Waals surface area contributed by atoms with Crippen LogP contribution in [0.25, 0.3) is 10.4 Å². The van der Waals surface area contributed by atoms with Crippen molar-refractivity contribution < 1.29 is 8.78 Å². The van der Waals surface area contributed by atoms with Crippen molar-refractivity contribution in [2.24, 2.45) is 5.11 Å². The minimum absolute atomic E-state index is 0.363. The number of hydrogen-bond donors (Lipinski definition) is 0. The highest BCUT2D eigenvalue weighted by Gasteiger charge is 2.06. The summed E-state index contributed by atoms with van der Waals surface area (Å²) in [7, 11) is 2.14. The Bertz CT molecular complexity index is 337. The lowest BCUT2D eigenvalue weighted by Gasteiger charge is -1.98. The lowest BCUT2D eigenvalue weighted by atomic mass is 10.3. The van der Waals surface area contributed by atoms with Gasteiger partial charge in [0, 0.05) is 4.91 Å². The van der Waals surface area contributed by atoms with E-state index in [0.29, 0.717) is 5.30 Å². The Balaban J connectivity index is 3.37. The average Bonchev–Trinajstić information content (AvgIpc) is 1.96. The summed E-state index contributed by atoms with van der Waals surface area (Å²) in [6.45, 7) is 0. The molecule has 6 heteroatoms. The summed E-state index contributed by atoms with van der Waals surface area (Å²) in [5, 5.41) is 3.23. The highest BCUT2D eigenvalue weighted by atomic mass is 31.0. The second-order valence-corrected chi connectivity index (χ2v) is 2.69. The average molecular weight is 187 g/mol. The number of hydrogen-bond acceptors (Lipinski definition) is 1. The fraction of sp³-hybridized carbons (Fsp3) is 0. The lowest BCUT2D eigenvalue weighted by molar-refractivity contribution is 0.589. The van der Waals surface area contributed by atoms with E-state index in [1.54, 1.807) is 0 Å². The van der Waals surface area contributed by atoms with Crippen LogP contribution >= 0.6 is 9.24 Å². The van der Waals surface area contributed by atoms with Crippen molar-refractivity contribution in [1.82, 2.24) is 0 Å². The van der Waals surface area contributed by atoms with Crippen molar-refractivity contribution in [2.45, 2.75) is 0 Å². The molecular weight excluding hydrogens is 183 g/mol. The highest BCUT2D eigenvalue weighted by molar-refractivity contribution is 7.27. The first-order valence-corrected chi connectivity index (χ1v) is 3.52. The molecule has 0 amide bonds. The maximum atomic E-state index is 12.8. The summed E-state index contributed by atoms with van der Waals surface area (Å²) < 4.78 is 25.6. The molecule has 0 bridgehead atoms. The van der Waals surface area contributed by atoms with Gasteiger partial charge in [0.05, 0.1) is 0 Å². The van der Waals surface area contributed by atoms with Gasteiger partial charge in [-0.25, -0.2) is 8.78 Å². The van der Waals surface area contributed by atoms with E-state index >= 15 is 0 Å². The molecule has 12 heavy (non-hydrogen) atoms. The summed E-state index contributed by atoms with van der Waals surface area (Å²) in [6.07, 6.45) is 0. The summed E-state index contributed by atoms with van der Waals surface area (Å²) in [5.74, 6) is -1.73. The minimum Gasteiger partial charge on any atom is -0.206 e. The van der Waals surface area contributed by atoms with Crippen molar-refractivity contribution in [3.05, 3.63) is 34.2 Å². The first-order valence-electron chi connectivity index (χ1n) is 2.94. The predicted molar refractivity (Wildman–Crippen MR) is 44.5 cm³/mol. The van der Waals surface area contributed by atoms with Gasteiger partial charge in [-0.1, -0.05) is 5.11 Å². The van der Waals surface area contributed by atoms with Crippen LogP contribution in [0.4, 0.5) is 14.5 Å².